The van der Waals surface area contributed by atoms with E-state index in [0.717, 1.165) is 53.1 Å². The van der Waals surface area contributed by atoms with Gasteiger partial charge in [0.1, 0.15) is 12.4 Å². The Morgan fingerprint density at radius 2 is 2.00 bits per heavy atom. The van der Waals surface area contributed by atoms with E-state index in [-0.39, 0.29) is 24.3 Å². The van der Waals surface area contributed by atoms with Crippen LogP contribution in [-0.4, -0.2) is 40.5 Å². The molecule has 4 rings (SSSR count). The van der Waals surface area contributed by atoms with E-state index in [0.29, 0.717) is 12.2 Å². The van der Waals surface area contributed by atoms with Crippen molar-refractivity contribution in [3.63, 3.8) is 0 Å². The third-order valence-corrected chi connectivity index (χ3v) is 6.80. The third-order valence-electron chi connectivity index (χ3n) is 6.20. The van der Waals surface area contributed by atoms with Crippen LogP contribution >= 0.6 is 11.6 Å². The zero-order valence-corrected chi connectivity index (χ0v) is 18.8. The first-order valence-electron chi connectivity index (χ1n) is 10.9. The summed E-state index contributed by atoms with van der Waals surface area (Å²) in [4.78, 5) is 15.8. The maximum Gasteiger partial charge on any atom is 0.326 e. The molecule has 0 aliphatic carbocycles. The molecule has 0 spiro atoms. The van der Waals surface area contributed by atoms with E-state index in [1.165, 1.54) is 0 Å². The number of aromatic amines is 1. The van der Waals surface area contributed by atoms with Gasteiger partial charge in [-0.25, -0.2) is 4.79 Å². The van der Waals surface area contributed by atoms with Gasteiger partial charge in [-0.3, -0.25) is 4.57 Å². The smallest absolute Gasteiger partial charge is 0.326 e. The maximum absolute atomic E-state index is 12.9. The highest BCUT2D eigenvalue weighted by Crippen LogP contribution is 2.31. The van der Waals surface area contributed by atoms with Crippen LogP contribution in [0.2, 0.25) is 5.02 Å². The molecule has 3 aromatic rings. The molecule has 3 N–H and O–H groups in total. The molecule has 0 radical (unpaired) electrons. The van der Waals surface area contributed by atoms with Gasteiger partial charge in [-0.2, -0.15) is 0 Å². The van der Waals surface area contributed by atoms with Crippen molar-refractivity contribution in [3.05, 3.63) is 63.0 Å². The average molecular weight is 444 g/mol. The average Bonchev–Trinajstić information content (AvgIpc) is 3.10. The highest BCUT2D eigenvalue weighted by Gasteiger charge is 2.30. The van der Waals surface area contributed by atoms with Gasteiger partial charge in [0.25, 0.3) is 0 Å². The summed E-state index contributed by atoms with van der Waals surface area (Å²) in [5.74, 6) is 0.957. The van der Waals surface area contributed by atoms with Gasteiger partial charge in [-0.15, -0.1) is 0 Å². The number of halogens is 1. The van der Waals surface area contributed by atoms with E-state index in [9.17, 15) is 9.90 Å². The quantitative estimate of drug-likeness (QED) is 0.516. The second-order valence-corrected chi connectivity index (χ2v) is 8.94. The number of hydrogen-bond acceptors (Lipinski definition) is 4. The molecular formula is C24H30ClN3O3. The Labute approximate surface area is 187 Å². The summed E-state index contributed by atoms with van der Waals surface area (Å²) in [6, 6.07) is 11.4. The summed E-state index contributed by atoms with van der Waals surface area (Å²) in [6.45, 7) is 5.86. The molecule has 2 heterocycles. The van der Waals surface area contributed by atoms with Gasteiger partial charge >= 0.3 is 5.69 Å². The van der Waals surface area contributed by atoms with Crippen LogP contribution in [0.15, 0.2) is 41.2 Å². The zero-order valence-electron chi connectivity index (χ0n) is 18.0. The molecule has 1 aliphatic heterocycles. The van der Waals surface area contributed by atoms with Gasteiger partial charge < -0.3 is 20.1 Å². The van der Waals surface area contributed by atoms with Crippen LogP contribution in [-0.2, 0) is 0 Å². The number of rotatable bonds is 7. The molecule has 31 heavy (non-hydrogen) atoms. The Bertz CT molecular complexity index is 1080. The van der Waals surface area contributed by atoms with E-state index in [2.05, 4.69) is 10.3 Å². The molecule has 1 aliphatic rings. The molecule has 0 bridgehead atoms. The Morgan fingerprint density at radius 1 is 1.26 bits per heavy atom. The molecule has 2 aromatic carbocycles. The summed E-state index contributed by atoms with van der Waals surface area (Å²) >= 11 is 6.24. The minimum atomic E-state index is -0.705. The minimum absolute atomic E-state index is 0.122. The summed E-state index contributed by atoms with van der Waals surface area (Å²) in [7, 11) is 0. The molecule has 166 valence electrons. The zero-order chi connectivity index (χ0) is 22.0. The number of aliphatic hydroxyl groups excluding tert-OH is 1. The third kappa shape index (κ3) is 4.81. The summed E-state index contributed by atoms with van der Waals surface area (Å²) < 4.78 is 7.71. The molecule has 3 unspecified atom stereocenters. The van der Waals surface area contributed by atoms with E-state index in [1.807, 2.05) is 54.8 Å². The number of ether oxygens (including phenoxy) is 1. The van der Waals surface area contributed by atoms with Gasteiger partial charge in [-0.05, 0) is 87.5 Å². The highest BCUT2D eigenvalue weighted by atomic mass is 35.5. The van der Waals surface area contributed by atoms with E-state index < -0.39 is 6.10 Å². The van der Waals surface area contributed by atoms with E-state index in [1.54, 1.807) is 0 Å². The molecule has 1 saturated heterocycles. The van der Waals surface area contributed by atoms with Crippen molar-refractivity contribution < 1.29 is 9.84 Å². The Balaban J connectivity index is 1.55. The molecule has 7 heteroatoms. The van der Waals surface area contributed by atoms with Crippen molar-refractivity contribution in [1.82, 2.24) is 14.9 Å². The van der Waals surface area contributed by atoms with Gasteiger partial charge in [0.2, 0.25) is 0 Å². The predicted molar refractivity (Wildman–Crippen MR) is 124 cm³/mol. The molecule has 3 atom stereocenters. The van der Waals surface area contributed by atoms with Crippen LogP contribution in [0, 0.1) is 19.8 Å². The number of aliphatic hydroxyl groups is 1. The largest absolute Gasteiger partial charge is 0.491 e. The molecule has 0 saturated carbocycles. The molecule has 1 fully saturated rings. The van der Waals surface area contributed by atoms with Crippen LogP contribution in [0.4, 0.5) is 0 Å². The normalized spacial score (nSPS) is 18.8. The van der Waals surface area contributed by atoms with Crippen LogP contribution in [0.1, 0.15) is 36.4 Å². The lowest BCUT2D eigenvalue weighted by Crippen LogP contribution is -2.39. The number of aromatic nitrogens is 2. The number of nitrogens with one attached hydrogen (secondary N) is 2. The minimum Gasteiger partial charge on any atom is -0.491 e. The first kappa shape index (κ1) is 21.9. The number of imidazole rings is 1. The second kappa shape index (κ2) is 9.47. The van der Waals surface area contributed by atoms with Crippen molar-refractivity contribution in [1.29, 1.82) is 0 Å². The van der Waals surface area contributed by atoms with Gasteiger partial charge in [0.15, 0.2) is 0 Å². The standard InChI is InChI=1S/C24H30ClN3O3/c1-15-10-19(11-16(2)23(15)25)31-14-18(29)12-22(17-6-5-9-26-13-17)28-21-8-4-3-7-20(21)27-24(28)30/h3-4,7-8,10-11,17-18,22,26,29H,5-6,9,12-14H2,1-2H3,(H,27,30). The SMILES string of the molecule is Cc1cc(OCC(O)CC(C2CCCNC2)n2c(=O)[nH]c3ccccc32)cc(C)c1Cl. The van der Waals surface area contributed by atoms with Crippen LogP contribution in [0.5, 0.6) is 5.75 Å². The lowest BCUT2D eigenvalue weighted by molar-refractivity contribution is 0.0728. The number of benzene rings is 2. The summed E-state index contributed by atoms with van der Waals surface area (Å²) in [5, 5.41) is 15.0. The topological polar surface area (TPSA) is 79.3 Å². The second-order valence-electron chi connectivity index (χ2n) is 8.56. The van der Waals surface area contributed by atoms with Crippen LogP contribution in [0.3, 0.4) is 0 Å². The Hall–Kier alpha value is -2.28. The van der Waals surface area contributed by atoms with Crippen molar-refractivity contribution in [3.8, 4) is 5.75 Å². The van der Waals surface area contributed by atoms with Gasteiger partial charge in [0.05, 0.1) is 17.1 Å². The van der Waals surface area contributed by atoms with Crippen molar-refractivity contribution in [2.75, 3.05) is 19.7 Å². The molecule has 1 aromatic heterocycles. The van der Waals surface area contributed by atoms with Crippen molar-refractivity contribution in [2.24, 2.45) is 5.92 Å². The number of hydrogen-bond donors (Lipinski definition) is 3. The first-order valence-corrected chi connectivity index (χ1v) is 11.3. The van der Waals surface area contributed by atoms with E-state index >= 15 is 0 Å². The fraction of sp³-hybridized carbons (Fsp3) is 0.458. The summed E-state index contributed by atoms with van der Waals surface area (Å²) in [5.41, 5.74) is 3.46. The molecule has 6 nitrogen and oxygen atoms in total. The number of H-pyrrole nitrogens is 1. The van der Waals surface area contributed by atoms with Crippen LogP contribution < -0.4 is 15.7 Å². The monoisotopic (exact) mass is 443 g/mol. The lowest BCUT2D eigenvalue weighted by Gasteiger charge is -2.33. The summed E-state index contributed by atoms with van der Waals surface area (Å²) in [6.07, 6.45) is 1.82. The van der Waals surface area contributed by atoms with Crippen molar-refractivity contribution >= 4 is 22.6 Å². The lowest BCUT2D eigenvalue weighted by atomic mass is 9.88. The predicted octanol–water partition coefficient (Wildman–Crippen LogP) is 3.97. The van der Waals surface area contributed by atoms with E-state index in [4.69, 9.17) is 16.3 Å². The fourth-order valence-corrected chi connectivity index (χ4v) is 4.76. The Kier molecular flexibility index (Phi) is 6.70. The van der Waals surface area contributed by atoms with Crippen molar-refractivity contribution in [2.45, 2.75) is 45.3 Å². The number of nitrogens with zero attached hydrogens (tertiary/aromatic N) is 1. The number of piperidine rings is 1. The maximum atomic E-state index is 12.9. The Morgan fingerprint density at radius 3 is 2.71 bits per heavy atom. The van der Waals surface area contributed by atoms with Gasteiger partial charge in [-0.1, -0.05) is 23.7 Å². The number of para-hydroxylation sites is 2. The molecular weight excluding hydrogens is 414 g/mol. The highest BCUT2D eigenvalue weighted by molar-refractivity contribution is 6.32. The first-order chi connectivity index (χ1) is 14.9. The number of aryl methyl sites for hydroxylation is 2. The van der Waals surface area contributed by atoms with Gasteiger partial charge in [0, 0.05) is 11.1 Å². The van der Waals surface area contributed by atoms with Crippen LogP contribution in [0.25, 0.3) is 11.0 Å². The number of fused-ring (bicyclic) bond motifs is 1. The molecule has 0 amide bonds. The fourth-order valence-electron chi connectivity index (χ4n) is 4.65.